The molecule has 6 nitrogen and oxygen atoms in total. The summed E-state index contributed by atoms with van der Waals surface area (Å²) in [5, 5.41) is 4.40. The predicted molar refractivity (Wildman–Crippen MR) is 101 cm³/mol. The number of hydrogen-bond donors (Lipinski definition) is 1. The molecule has 0 aromatic heterocycles. The highest BCUT2D eigenvalue weighted by molar-refractivity contribution is 6.30. The zero-order valence-corrected chi connectivity index (χ0v) is 15.5. The van der Waals surface area contributed by atoms with E-state index in [0.717, 1.165) is 0 Å². The average Bonchev–Trinajstić information content (AvgIpc) is 2.63. The number of hydrogen-bond acceptors (Lipinski definition) is 5. The number of benzene rings is 2. The van der Waals surface area contributed by atoms with Crippen LogP contribution in [0, 0.1) is 0 Å². The van der Waals surface area contributed by atoms with Crippen molar-refractivity contribution in [3.63, 3.8) is 0 Å². The summed E-state index contributed by atoms with van der Waals surface area (Å²) in [4.78, 5) is 10.9. The molecule has 0 atom stereocenters. The van der Waals surface area contributed by atoms with Crippen molar-refractivity contribution in [3.8, 4) is 17.2 Å². The van der Waals surface area contributed by atoms with Crippen LogP contribution in [0.15, 0.2) is 47.6 Å². The van der Waals surface area contributed by atoms with Gasteiger partial charge >= 0.3 is 0 Å². The van der Waals surface area contributed by atoms with Gasteiger partial charge in [0.25, 0.3) is 0 Å². The maximum atomic E-state index is 10.9. The van der Waals surface area contributed by atoms with Gasteiger partial charge in [-0.05, 0) is 30.3 Å². The Kier molecular flexibility index (Phi) is 7.76. The van der Waals surface area contributed by atoms with Crippen LogP contribution in [0.25, 0.3) is 0 Å². The molecular weight excluding hydrogens is 356 g/mol. The predicted octanol–water partition coefficient (Wildman–Crippen LogP) is 3.67. The molecular formula is C19H21ClN2O4. The van der Waals surface area contributed by atoms with Crippen molar-refractivity contribution in [2.45, 2.75) is 13.3 Å². The lowest BCUT2D eigenvalue weighted by Gasteiger charge is -2.12. The number of carbonyl (C=O) groups excluding carboxylic acids is 1. The molecule has 7 heteroatoms. The van der Waals surface area contributed by atoms with Gasteiger partial charge in [-0.25, -0.2) is 5.43 Å². The van der Waals surface area contributed by atoms with Crippen LogP contribution in [-0.4, -0.2) is 32.4 Å². The molecule has 2 aromatic rings. The number of nitrogens with zero attached hydrogens (tertiary/aromatic N) is 1. The minimum absolute atomic E-state index is 0.251. The highest BCUT2D eigenvalue weighted by atomic mass is 35.5. The van der Waals surface area contributed by atoms with Crippen LogP contribution < -0.4 is 19.6 Å². The van der Waals surface area contributed by atoms with Gasteiger partial charge in [-0.3, -0.25) is 4.79 Å². The number of nitrogens with one attached hydrogen (secondary N) is 1. The minimum Gasteiger partial charge on any atom is -0.493 e. The molecule has 0 saturated heterocycles. The van der Waals surface area contributed by atoms with E-state index in [1.54, 1.807) is 25.3 Å². The van der Waals surface area contributed by atoms with Crippen LogP contribution >= 0.6 is 11.6 Å². The van der Waals surface area contributed by atoms with Crippen LogP contribution in [0.1, 0.15) is 18.9 Å². The van der Waals surface area contributed by atoms with Crippen LogP contribution in [0.5, 0.6) is 17.2 Å². The number of ether oxygens (including phenoxy) is 3. The largest absolute Gasteiger partial charge is 0.493 e. The van der Waals surface area contributed by atoms with E-state index in [0.29, 0.717) is 47.5 Å². The molecule has 0 bridgehead atoms. The van der Waals surface area contributed by atoms with Gasteiger partial charge < -0.3 is 14.2 Å². The van der Waals surface area contributed by atoms with E-state index in [9.17, 15) is 4.79 Å². The third-order valence-corrected chi connectivity index (χ3v) is 3.51. The van der Waals surface area contributed by atoms with Crippen LogP contribution in [0.4, 0.5) is 0 Å². The molecule has 0 aliphatic heterocycles. The molecule has 138 valence electrons. The van der Waals surface area contributed by atoms with Gasteiger partial charge in [-0.15, -0.1) is 0 Å². The van der Waals surface area contributed by atoms with E-state index in [1.165, 1.54) is 13.1 Å². The average molecular weight is 377 g/mol. The van der Waals surface area contributed by atoms with Gasteiger partial charge in [-0.2, -0.15) is 5.10 Å². The summed E-state index contributed by atoms with van der Waals surface area (Å²) in [7, 11) is 1.61. The molecule has 0 aliphatic carbocycles. The second kappa shape index (κ2) is 10.3. The maximum Gasteiger partial charge on any atom is 0.236 e. The molecule has 0 heterocycles. The first-order valence-corrected chi connectivity index (χ1v) is 8.45. The Morgan fingerprint density at radius 1 is 1.12 bits per heavy atom. The Bertz CT molecular complexity index is 765. The Morgan fingerprint density at radius 3 is 2.50 bits per heavy atom. The standard InChI is InChI=1S/C19H21ClN2O4/c1-14(23)22-21-13-15-12-16(20)8-9-17(15)25-10-5-11-26-19-7-4-3-6-18(19)24-2/h3-4,6-9,12-13H,5,10-11H2,1-2H3,(H,22,23)/b21-13-. The molecule has 0 aliphatic rings. The second-order valence-electron chi connectivity index (χ2n) is 5.31. The Morgan fingerprint density at radius 2 is 1.81 bits per heavy atom. The molecule has 1 N–H and O–H groups in total. The van der Waals surface area contributed by atoms with E-state index in [2.05, 4.69) is 10.5 Å². The fraction of sp³-hybridized carbons (Fsp3) is 0.263. The first kappa shape index (κ1) is 19.6. The van der Waals surface area contributed by atoms with E-state index >= 15 is 0 Å². The third kappa shape index (κ3) is 6.29. The molecule has 26 heavy (non-hydrogen) atoms. The zero-order chi connectivity index (χ0) is 18.8. The summed E-state index contributed by atoms with van der Waals surface area (Å²) >= 11 is 6.00. The van der Waals surface area contributed by atoms with E-state index in [4.69, 9.17) is 25.8 Å². The lowest BCUT2D eigenvalue weighted by atomic mass is 10.2. The van der Waals surface area contributed by atoms with Crippen molar-refractivity contribution in [2.75, 3.05) is 20.3 Å². The monoisotopic (exact) mass is 376 g/mol. The molecule has 1 amide bonds. The maximum absolute atomic E-state index is 10.9. The van der Waals surface area contributed by atoms with Crippen molar-refractivity contribution >= 4 is 23.7 Å². The topological polar surface area (TPSA) is 69.2 Å². The molecule has 0 spiro atoms. The highest BCUT2D eigenvalue weighted by Crippen LogP contribution is 2.26. The second-order valence-corrected chi connectivity index (χ2v) is 5.75. The number of halogens is 1. The van der Waals surface area contributed by atoms with Gasteiger partial charge in [0, 0.05) is 23.9 Å². The molecule has 0 unspecified atom stereocenters. The summed E-state index contributed by atoms with van der Waals surface area (Å²) in [6.45, 7) is 2.33. The fourth-order valence-electron chi connectivity index (χ4n) is 2.11. The van der Waals surface area contributed by atoms with Crippen molar-refractivity contribution in [3.05, 3.63) is 53.1 Å². The molecule has 0 radical (unpaired) electrons. The fourth-order valence-corrected chi connectivity index (χ4v) is 2.29. The van der Waals surface area contributed by atoms with Gasteiger partial charge in [0.15, 0.2) is 11.5 Å². The number of amides is 1. The SMILES string of the molecule is COc1ccccc1OCCCOc1ccc(Cl)cc1/C=N\NC(C)=O. The first-order chi connectivity index (χ1) is 12.6. The van der Waals surface area contributed by atoms with Crippen LogP contribution in [0.3, 0.4) is 0 Å². The van der Waals surface area contributed by atoms with Crippen LogP contribution in [-0.2, 0) is 4.79 Å². The lowest BCUT2D eigenvalue weighted by molar-refractivity contribution is -0.118. The first-order valence-electron chi connectivity index (χ1n) is 8.08. The molecule has 0 fully saturated rings. The van der Waals surface area contributed by atoms with Crippen molar-refractivity contribution in [1.29, 1.82) is 0 Å². The minimum atomic E-state index is -0.251. The normalized spacial score (nSPS) is 10.6. The summed E-state index contributed by atoms with van der Waals surface area (Å²) < 4.78 is 16.7. The number of carbonyl (C=O) groups is 1. The van der Waals surface area contributed by atoms with Crippen molar-refractivity contribution < 1.29 is 19.0 Å². The number of rotatable bonds is 9. The smallest absolute Gasteiger partial charge is 0.236 e. The summed E-state index contributed by atoms with van der Waals surface area (Å²) in [5.41, 5.74) is 3.02. The lowest BCUT2D eigenvalue weighted by Crippen LogP contribution is -2.12. The van der Waals surface area contributed by atoms with E-state index in [1.807, 2.05) is 24.3 Å². The highest BCUT2D eigenvalue weighted by Gasteiger charge is 2.05. The number of hydrazone groups is 1. The van der Waals surface area contributed by atoms with Gasteiger partial charge in [0.1, 0.15) is 5.75 Å². The van der Waals surface area contributed by atoms with Gasteiger partial charge in [0.05, 0.1) is 26.5 Å². The Hall–Kier alpha value is -2.73. The Balaban J connectivity index is 1.85. The molecule has 0 saturated carbocycles. The van der Waals surface area contributed by atoms with E-state index in [-0.39, 0.29) is 5.91 Å². The van der Waals surface area contributed by atoms with Crippen LogP contribution in [0.2, 0.25) is 5.02 Å². The van der Waals surface area contributed by atoms with Gasteiger partial charge in [-0.1, -0.05) is 23.7 Å². The Labute approximate surface area is 157 Å². The molecule has 2 rings (SSSR count). The van der Waals surface area contributed by atoms with Crippen molar-refractivity contribution in [2.24, 2.45) is 5.10 Å². The quantitative estimate of drug-likeness (QED) is 0.412. The van der Waals surface area contributed by atoms with Gasteiger partial charge in [0.2, 0.25) is 5.91 Å². The van der Waals surface area contributed by atoms with E-state index < -0.39 is 0 Å². The zero-order valence-electron chi connectivity index (χ0n) is 14.7. The number of methoxy groups -OCH3 is 1. The summed E-state index contributed by atoms with van der Waals surface area (Å²) in [6.07, 6.45) is 2.18. The third-order valence-electron chi connectivity index (χ3n) is 3.27. The summed E-state index contributed by atoms with van der Waals surface area (Å²) in [6, 6.07) is 12.7. The van der Waals surface area contributed by atoms with Crippen molar-refractivity contribution in [1.82, 2.24) is 5.43 Å². The summed E-state index contributed by atoms with van der Waals surface area (Å²) in [5.74, 6) is 1.77. The molecule has 2 aromatic carbocycles. The number of para-hydroxylation sites is 2.